The van der Waals surface area contributed by atoms with Gasteiger partial charge >= 0.3 is 7.12 Å². The van der Waals surface area contributed by atoms with Crippen molar-refractivity contribution in [3.8, 4) is 0 Å². The van der Waals surface area contributed by atoms with Gasteiger partial charge in [0.1, 0.15) is 0 Å². The summed E-state index contributed by atoms with van der Waals surface area (Å²) in [4.78, 5) is 0. The first kappa shape index (κ1) is 13.4. The molecule has 0 saturated carbocycles. The topological polar surface area (TPSA) is 18.5 Å². The minimum Gasteiger partial charge on any atom is -0.399 e. The molecule has 18 heavy (non-hydrogen) atoms. The zero-order chi connectivity index (χ0) is 13.1. The molecule has 96 valence electrons. The fraction of sp³-hybridized carbons (Fsp3) is 0.500. The van der Waals surface area contributed by atoms with Crippen molar-refractivity contribution in [3.63, 3.8) is 0 Å². The van der Waals surface area contributed by atoms with Crippen LogP contribution >= 0.6 is 45.3 Å². The van der Waals surface area contributed by atoms with Crippen molar-refractivity contribution in [2.24, 2.45) is 0 Å². The van der Waals surface area contributed by atoms with Crippen LogP contribution in [0.4, 0.5) is 0 Å². The van der Waals surface area contributed by atoms with Gasteiger partial charge in [-0.3, -0.25) is 0 Å². The van der Waals surface area contributed by atoms with Gasteiger partial charge in [-0.25, -0.2) is 0 Å². The van der Waals surface area contributed by atoms with Crippen molar-refractivity contribution in [3.05, 3.63) is 15.0 Å². The fourth-order valence-corrected chi connectivity index (χ4v) is 5.23. The number of hydrogen-bond donors (Lipinski definition) is 0. The number of halogens is 1. The molecule has 0 aromatic carbocycles. The van der Waals surface area contributed by atoms with Gasteiger partial charge in [0.05, 0.1) is 14.1 Å². The van der Waals surface area contributed by atoms with Crippen molar-refractivity contribution in [2.45, 2.75) is 38.9 Å². The van der Waals surface area contributed by atoms with Crippen LogP contribution in [0.3, 0.4) is 0 Å². The Bertz CT molecular complexity index is 555. The summed E-state index contributed by atoms with van der Waals surface area (Å²) >= 11 is 5.95. The van der Waals surface area contributed by atoms with E-state index in [0.29, 0.717) is 0 Å². The molecule has 6 heteroatoms. The highest BCUT2D eigenvalue weighted by atomic mass is 127. The van der Waals surface area contributed by atoms with Crippen molar-refractivity contribution in [1.82, 2.24) is 0 Å². The Labute approximate surface area is 129 Å². The molecular weight excluding hydrogens is 378 g/mol. The number of fused-ring (bicyclic) bond motifs is 1. The lowest BCUT2D eigenvalue weighted by Crippen LogP contribution is -2.41. The molecular formula is C12H14BIO2S2. The maximum Gasteiger partial charge on any atom is 0.505 e. The van der Waals surface area contributed by atoms with Gasteiger partial charge in [0.25, 0.3) is 0 Å². The summed E-state index contributed by atoms with van der Waals surface area (Å²) < 4.78 is 17.3. The molecule has 1 aliphatic heterocycles. The van der Waals surface area contributed by atoms with Gasteiger partial charge in [-0.2, -0.15) is 0 Å². The number of rotatable bonds is 1. The van der Waals surface area contributed by atoms with E-state index in [1.54, 1.807) is 11.3 Å². The summed E-state index contributed by atoms with van der Waals surface area (Å²) in [6, 6.07) is 4.43. The molecule has 0 bridgehead atoms. The van der Waals surface area contributed by atoms with E-state index in [2.05, 4.69) is 62.4 Å². The summed E-state index contributed by atoms with van der Waals surface area (Å²) in [5.41, 5.74) is -0.521. The monoisotopic (exact) mass is 392 g/mol. The quantitative estimate of drug-likeness (QED) is 0.542. The molecule has 1 fully saturated rings. The van der Waals surface area contributed by atoms with E-state index in [0.717, 1.165) is 0 Å². The van der Waals surface area contributed by atoms with Crippen LogP contribution < -0.4 is 4.78 Å². The van der Waals surface area contributed by atoms with Gasteiger partial charge in [-0.05, 0) is 62.4 Å². The zero-order valence-electron chi connectivity index (χ0n) is 10.7. The second kappa shape index (κ2) is 4.18. The predicted molar refractivity (Wildman–Crippen MR) is 88.1 cm³/mol. The predicted octanol–water partition coefficient (Wildman–Crippen LogP) is 3.87. The first-order valence-corrected chi connectivity index (χ1v) is 8.54. The van der Waals surface area contributed by atoms with Gasteiger partial charge in [-0.15, -0.1) is 22.7 Å². The molecule has 1 aliphatic rings. The minimum atomic E-state index is -0.260. The van der Waals surface area contributed by atoms with E-state index in [1.165, 1.54) is 17.1 Å². The largest absolute Gasteiger partial charge is 0.505 e. The van der Waals surface area contributed by atoms with E-state index >= 15 is 0 Å². The van der Waals surface area contributed by atoms with E-state index in [1.807, 2.05) is 11.3 Å². The normalized spacial score (nSPS) is 21.9. The second-order valence-electron chi connectivity index (χ2n) is 5.52. The van der Waals surface area contributed by atoms with Gasteiger partial charge in [0.2, 0.25) is 0 Å². The molecule has 0 atom stereocenters. The van der Waals surface area contributed by atoms with Gasteiger partial charge < -0.3 is 9.31 Å². The van der Waals surface area contributed by atoms with Gasteiger partial charge in [0, 0.05) is 14.2 Å². The molecule has 0 aliphatic carbocycles. The van der Waals surface area contributed by atoms with E-state index in [9.17, 15) is 0 Å². The maximum absolute atomic E-state index is 6.07. The second-order valence-corrected chi connectivity index (χ2v) is 9.61. The Kier molecular flexibility index (Phi) is 3.10. The molecule has 0 spiro atoms. The van der Waals surface area contributed by atoms with Crippen molar-refractivity contribution in [2.75, 3.05) is 0 Å². The van der Waals surface area contributed by atoms with Crippen LogP contribution in [0, 0.1) is 2.88 Å². The molecule has 2 aromatic heterocycles. The maximum atomic E-state index is 6.07. The molecule has 0 N–H and O–H groups in total. The fourth-order valence-electron chi connectivity index (χ4n) is 1.90. The Balaban J connectivity index is 1.94. The summed E-state index contributed by atoms with van der Waals surface area (Å²) in [7, 11) is -0.225. The molecule has 0 radical (unpaired) electrons. The van der Waals surface area contributed by atoms with Crippen molar-refractivity contribution < 1.29 is 9.31 Å². The number of thiophene rings is 2. The highest BCUT2D eigenvalue weighted by Gasteiger charge is 2.52. The van der Waals surface area contributed by atoms with Crippen LogP contribution in [0.5, 0.6) is 0 Å². The SMILES string of the molecule is CC1(C)OB(c2cc3sc(I)cc3s2)OC1(C)C. The Morgan fingerprint density at radius 3 is 2.11 bits per heavy atom. The highest BCUT2D eigenvalue weighted by Crippen LogP contribution is 2.38. The summed E-state index contributed by atoms with van der Waals surface area (Å²) in [5, 5.41) is 0. The van der Waals surface area contributed by atoms with E-state index in [-0.39, 0.29) is 18.3 Å². The molecule has 3 rings (SSSR count). The lowest BCUT2D eigenvalue weighted by Gasteiger charge is -2.32. The van der Waals surface area contributed by atoms with Gasteiger partial charge in [0.15, 0.2) is 0 Å². The van der Waals surface area contributed by atoms with Crippen LogP contribution in [0.15, 0.2) is 12.1 Å². The van der Waals surface area contributed by atoms with Crippen LogP contribution in [0.2, 0.25) is 0 Å². The molecule has 0 amide bonds. The smallest absolute Gasteiger partial charge is 0.399 e. The molecule has 2 aromatic rings. The third kappa shape index (κ3) is 2.06. The van der Waals surface area contributed by atoms with Crippen molar-refractivity contribution in [1.29, 1.82) is 0 Å². The molecule has 0 unspecified atom stereocenters. The third-order valence-electron chi connectivity index (χ3n) is 3.68. The van der Waals surface area contributed by atoms with Crippen LogP contribution in [-0.2, 0) is 9.31 Å². The first-order chi connectivity index (χ1) is 8.28. The lowest BCUT2D eigenvalue weighted by molar-refractivity contribution is 0.00578. The van der Waals surface area contributed by atoms with Crippen molar-refractivity contribution >= 4 is 66.6 Å². The van der Waals surface area contributed by atoms with Crippen LogP contribution in [-0.4, -0.2) is 18.3 Å². The standard InChI is InChI=1S/C12H14BIO2S2/c1-11(2)12(3,4)16-13(15-11)9-5-7-8(17-9)6-10(14)18-7/h5-6H,1-4H3. The van der Waals surface area contributed by atoms with E-state index in [4.69, 9.17) is 9.31 Å². The van der Waals surface area contributed by atoms with Crippen LogP contribution in [0.25, 0.3) is 9.40 Å². The third-order valence-corrected chi connectivity index (χ3v) is 6.76. The average Bonchev–Trinajstić information content (AvgIpc) is 2.77. The Hall–Kier alpha value is 0.375. The summed E-state index contributed by atoms with van der Waals surface area (Å²) in [6.45, 7) is 8.36. The zero-order valence-corrected chi connectivity index (χ0v) is 14.5. The molecule has 3 heterocycles. The lowest BCUT2D eigenvalue weighted by atomic mass is 9.88. The minimum absolute atomic E-state index is 0.225. The Morgan fingerprint density at radius 2 is 1.56 bits per heavy atom. The highest BCUT2D eigenvalue weighted by molar-refractivity contribution is 14.1. The summed E-state index contributed by atoms with van der Waals surface area (Å²) in [6.07, 6.45) is 0. The first-order valence-electron chi connectivity index (χ1n) is 5.83. The molecule has 1 saturated heterocycles. The van der Waals surface area contributed by atoms with Crippen LogP contribution in [0.1, 0.15) is 27.7 Å². The average molecular weight is 392 g/mol. The van der Waals surface area contributed by atoms with E-state index < -0.39 is 0 Å². The number of hydrogen-bond acceptors (Lipinski definition) is 4. The Morgan fingerprint density at radius 1 is 1.00 bits per heavy atom. The summed E-state index contributed by atoms with van der Waals surface area (Å²) in [5.74, 6) is 0. The molecule has 2 nitrogen and oxygen atoms in total. The van der Waals surface area contributed by atoms with Gasteiger partial charge in [-0.1, -0.05) is 0 Å².